The monoisotopic (exact) mass is 348 g/mol. The van der Waals surface area contributed by atoms with Crippen LogP contribution in [0.4, 0.5) is 0 Å². The molecule has 2 aromatic heterocycles. The summed E-state index contributed by atoms with van der Waals surface area (Å²) in [7, 11) is 0. The number of hydrogen-bond acceptors (Lipinski definition) is 1. The smallest absolute Gasteiger partial charge is 0.137 e. The maximum absolute atomic E-state index is 6.13. The Balaban J connectivity index is 2.20. The van der Waals surface area contributed by atoms with Crippen LogP contribution in [0.15, 0.2) is 47.2 Å². The Morgan fingerprint density at radius 1 is 1.25 bits per heavy atom. The number of nitrogens with one attached hydrogen (secondary N) is 1. The van der Waals surface area contributed by atoms with E-state index in [-0.39, 0.29) is 5.41 Å². The van der Waals surface area contributed by atoms with Crippen molar-refractivity contribution in [1.82, 2.24) is 9.97 Å². The van der Waals surface area contributed by atoms with Gasteiger partial charge >= 0.3 is 0 Å². The van der Waals surface area contributed by atoms with E-state index in [1.54, 1.807) is 6.20 Å². The number of fused-ring (bicyclic) bond motifs is 1. The van der Waals surface area contributed by atoms with Gasteiger partial charge in [-0.15, -0.1) is 0 Å². The molecule has 0 bridgehead atoms. The van der Waals surface area contributed by atoms with Gasteiger partial charge < -0.3 is 4.98 Å². The fourth-order valence-corrected chi connectivity index (χ4v) is 3.05. The SMILES string of the molecule is CC(C)(c1cccc(Cl)c1)c1c[nH]c2ncc(Br)cc12. The molecule has 102 valence electrons. The standard InChI is InChI=1S/C16H14BrClN2/c1-16(2,10-4-3-5-12(18)6-10)14-9-20-15-13(14)7-11(17)8-19-15/h3-9H,1-2H3,(H,19,20). The molecule has 0 aliphatic rings. The molecule has 0 aliphatic carbocycles. The van der Waals surface area contributed by atoms with Crippen molar-refractivity contribution in [2.24, 2.45) is 0 Å². The van der Waals surface area contributed by atoms with Gasteiger partial charge in [-0.3, -0.25) is 0 Å². The molecule has 2 nitrogen and oxygen atoms in total. The summed E-state index contributed by atoms with van der Waals surface area (Å²) in [6.07, 6.45) is 3.83. The molecule has 1 aromatic carbocycles. The molecular formula is C16H14BrClN2. The first-order valence-electron chi connectivity index (χ1n) is 6.37. The zero-order valence-electron chi connectivity index (χ0n) is 11.2. The topological polar surface area (TPSA) is 28.7 Å². The Labute approximate surface area is 131 Å². The Morgan fingerprint density at radius 3 is 2.80 bits per heavy atom. The van der Waals surface area contributed by atoms with Crippen LogP contribution in [-0.4, -0.2) is 9.97 Å². The van der Waals surface area contributed by atoms with Gasteiger partial charge in [0.05, 0.1) is 0 Å². The first-order chi connectivity index (χ1) is 9.48. The molecule has 1 N–H and O–H groups in total. The zero-order valence-corrected chi connectivity index (χ0v) is 13.6. The summed E-state index contributed by atoms with van der Waals surface area (Å²) in [4.78, 5) is 7.64. The summed E-state index contributed by atoms with van der Waals surface area (Å²) in [5.41, 5.74) is 3.15. The minimum absolute atomic E-state index is 0.147. The summed E-state index contributed by atoms with van der Waals surface area (Å²) in [5.74, 6) is 0. The third-order valence-electron chi connectivity index (χ3n) is 3.72. The Bertz CT molecular complexity index is 777. The Kier molecular flexibility index (Phi) is 3.35. The number of benzene rings is 1. The third kappa shape index (κ3) is 2.25. The predicted octanol–water partition coefficient (Wildman–Crippen LogP) is 5.30. The molecule has 0 unspecified atom stereocenters. The summed E-state index contributed by atoms with van der Waals surface area (Å²) >= 11 is 9.62. The number of rotatable bonds is 2. The minimum Gasteiger partial charge on any atom is -0.346 e. The van der Waals surface area contributed by atoms with Crippen molar-refractivity contribution >= 4 is 38.6 Å². The minimum atomic E-state index is -0.147. The number of aromatic nitrogens is 2. The highest BCUT2D eigenvalue weighted by molar-refractivity contribution is 9.10. The van der Waals surface area contributed by atoms with Crippen molar-refractivity contribution < 1.29 is 0 Å². The van der Waals surface area contributed by atoms with Crippen molar-refractivity contribution in [2.75, 3.05) is 0 Å². The van der Waals surface area contributed by atoms with Gasteiger partial charge in [-0.1, -0.05) is 37.6 Å². The lowest BCUT2D eigenvalue weighted by Crippen LogP contribution is -2.18. The normalized spacial score (nSPS) is 12.0. The van der Waals surface area contributed by atoms with E-state index < -0.39 is 0 Å². The van der Waals surface area contributed by atoms with Crippen molar-refractivity contribution in [2.45, 2.75) is 19.3 Å². The van der Waals surface area contributed by atoms with Crippen LogP contribution in [0.5, 0.6) is 0 Å². The zero-order chi connectivity index (χ0) is 14.3. The van der Waals surface area contributed by atoms with Crippen LogP contribution in [0.1, 0.15) is 25.0 Å². The van der Waals surface area contributed by atoms with Crippen LogP contribution in [0.2, 0.25) is 5.02 Å². The van der Waals surface area contributed by atoms with Crippen molar-refractivity contribution in [3.8, 4) is 0 Å². The molecule has 4 heteroatoms. The van der Waals surface area contributed by atoms with Gasteiger partial charge in [0.25, 0.3) is 0 Å². The second-order valence-electron chi connectivity index (χ2n) is 5.39. The molecule has 0 spiro atoms. The maximum Gasteiger partial charge on any atom is 0.137 e. The molecule has 20 heavy (non-hydrogen) atoms. The molecule has 3 rings (SSSR count). The van der Waals surface area contributed by atoms with Crippen LogP contribution >= 0.6 is 27.5 Å². The lowest BCUT2D eigenvalue weighted by atomic mass is 9.78. The largest absolute Gasteiger partial charge is 0.346 e. The van der Waals surface area contributed by atoms with Crippen molar-refractivity contribution in [3.05, 3.63) is 63.3 Å². The van der Waals surface area contributed by atoms with Gasteiger partial charge in [0.1, 0.15) is 5.65 Å². The molecule has 0 saturated heterocycles. The molecule has 0 atom stereocenters. The average Bonchev–Trinajstić information content (AvgIpc) is 2.82. The fraction of sp³-hybridized carbons (Fsp3) is 0.188. The van der Waals surface area contributed by atoms with E-state index in [0.717, 1.165) is 20.5 Å². The molecule has 2 heterocycles. The van der Waals surface area contributed by atoms with Crippen LogP contribution in [0, 0.1) is 0 Å². The van der Waals surface area contributed by atoms with Gasteiger partial charge in [-0.05, 0) is 45.3 Å². The first kappa shape index (κ1) is 13.7. The van der Waals surface area contributed by atoms with Crippen molar-refractivity contribution in [3.63, 3.8) is 0 Å². The second-order valence-corrected chi connectivity index (χ2v) is 6.74. The molecule has 0 saturated carbocycles. The number of H-pyrrole nitrogens is 1. The van der Waals surface area contributed by atoms with E-state index in [0.29, 0.717) is 0 Å². The second kappa shape index (κ2) is 4.90. The van der Waals surface area contributed by atoms with Gasteiger partial charge in [0.15, 0.2) is 0 Å². The molecule has 0 aliphatic heterocycles. The fourth-order valence-electron chi connectivity index (χ4n) is 2.53. The van der Waals surface area contributed by atoms with Crippen LogP contribution in [0.3, 0.4) is 0 Å². The predicted molar refractivity (Wildman–Crippen MR) is 87.4 cm³/mol. The lowest BCUT2D eigenvalue weighted by molar-refractivity contribution is 0.647. The number of pyridine rings is 1. The van der Waals surface area contributed by atoms with E-state index in [4.69, 9.17) is 11.6 Å². The molecule has 3 aromatic rings. The van der Waals surface area contributed by atoms with Crippen molar-refractivity contribution in [1.29, 1.82) is 0 Å². The van der Waals surface area contributed by atoms with Crippen LogP contribution in [-0.2, 0) is 5.41 Å². The number of nitrogens with zero attached hydrogens (tertiary/aromatic N) is 1. The average molecular weight is 350 g/mol. The highest BCUT2D eigenvalue weighted by Crippen LogP contribution is 2.37. The van der Waals surface area contributed by atoms with E-state index in [2.05, 4.69) is 51.9 Å². The molecule has 0 fully saturated rings. The first-order valence-corrected chi connectivity index (χ1v) is 7.55. The molecule has 0 amide bonds. The Hall–Kier alpha value is -1.32. The van der Waals surface area contributed by atoms with E-state index in [1.807, 2.05) is 24.4 Å². The van der Waals surface area contributed by atoms with Gasteiger partial charge in [0.2, 0.25) is 0 Å². The Morgan fingerprint density at radius 2 is 2.05 bits per heavy atom. The molecular weight excluding hydrogens is 336 g/mol. The van der Waals surface area contributed by atoms with Gasteiger partial charge in [-0.2, -0.15) is 0 Å². The van der Waals surface area contributed by atoms with Gasteiger partial charge in [-0.25, -0.2) is 4.98 Å². The summed E-state index contributed by atoms with van der Waals surface area (Å²) in [6.45, 7) is 4.39. The van der Waals surface area contributed by atoms with E-state index in [1.165, 1.54) is 11.1 Å². The third-order valence-corrected chi connectivity index (χ3v) is 4.39. The van der Waals surface area contributed by atoms with Crippen LogP contribution in [0.25, 0.3) is 11.0 Å². The lowest BCUT2D eigenvalue weighted by Gasteiger charge is -2.25. The number of aromatic amines is 1. The summed E-state index contributed by atoms with van der Waals surface area (Å²) in [5, 5.41) is 1.89. The quantitative estimate of drug-likeness (QED) is 0.668. The van der Waals surface area contributed by atoms with E-state index in [9.17, 15) is 0 Å². The van der Waals surface area contributed by atoms with Gasteiger partial charge in [0, 0.05) is 32.7 Å². The highest BCUT2D eigenvalue weighted by Gasteiger charge is 2.26. The molecule has 0 radical (unpaired) electrons. The maximum atomic E-state index is 6.13. The van der Waals surface area contributed by atoms with E-state index >= 15 is 0 Å². The highest BCUT2D eigenvalue weighted by atomic mass is 79.9. The summed E-state index contributed by atoms with van der Waals surface area (Å²) in [6, 6.07) is 10.1. The number of hydrogen-bond donors (Lipinski definition) is 1. The number of halogens is 2. The van der Waals surface area contributed by atoms with Crippen LogP contribution < -0.4 is 0 Å². The summed E-state index contributed by atoms with van der Waals surface area (Å²) < 4.78 is 0.979.